The summed E-state index contributed by atoms with van der Waals surface area (Å²) in [6.45, 7) is 0.502. The van der Waals surface area contributed by atoms with Gasteiger partial charge in [-0.25, -0.2) is 0 Å². The zero-order chi connectivity index (χ0) is 12.3. The molecule has 2 rings (SSSR count). The SMILES string of the molecule is NC(=S)C(Cn1ccsc1=O)c1ccccc1. The van der Waals surface area contributed by atoms with Crippen molar-refractivity contribution in [1.29, 1.82) is 0 Å². The summed E-state index contributed by atoms with van der Waals surface area (Å²) in [7, 11) is 0. The van der Waals surface area contributed by atoms with E-state index in [0.29, 0.717) is 11.5 Å². The van der Waals surface area contributed by atoms with Crippen LogP contribution in [0.25, 0.3) is 0 Å². The average Bonchev–Trinajstić information content (AvgIpc) is 2.72. The van der Waals surface area contributed by atoms with Gasteiger partial charge in [0.15, 0.2) is 0 Å². The predicted octanol–water partition coefficient (Wildman–Crippen LogP) is 1.98. The lowest BCUT2D eigenvalue weighted by Crippen LogP contribution is -2.26. The Bertz CT molecular complexity index is 559. The number of thiazole rings is 1. The second kappa shape index (κ2) is 5.25. The van der Waals surface area contributed by atoms with Gasteiger partial charge in [0, 0.05) is 18.1 Å². The van der Waals surface area contributed by atoms with Gasteiger partial charge in [-0.1, -0.05) is 53.9 Å². The van der Waals surface area contributed by atoms with Crippen molar-refractivity contribution < 1.29 is 0 Å². The van der Waals surface area contributed by atoms with Gasteiger partial charge in [-0.15, -0.1) is 0 Å². The molecule has 0 bridgehead atoms. The smallest absolute Gasteiger partial charge is 0.307 e. The average molecular weight is 264 g/mol. The van der Waals surface area contributed by atoms with E-state index >= 15 is 0 Å². The van der Waals surface area contributed by atoms with Crippen molar-refractivity contribution in [3.8, 4) is 0 Å². The Balaban J connectivity index is 2.29. The van der Waals surface area contributed by atoms with Gasteiger partial charge < -0.3 is 10.3 Å². The van der Waals surface area contributed by atoms with Crippen LogP contribution in [0.1, 0.15) is 11.5 Å². The van der Waals surface area contributed by atoms with Crippen LogP contribution in [0.2, 0.25) is 0 Å². The summed E-state index contributed by atoms with van der Waals surface area (Å²) in [5, 5.41) is 1.77. The first-order valence-electron chi connectivity index (χ1n) is 5.16. The zero-order valence-electron chi connectivity index (χ0n) is 9.08. The van der Waals surface area contributed by atoms with Crippen molar-refractivity contribution in [2.45, 2.75) is 12.5 Å². The quantitative estimate of drug-likeness (QED) is 0.859. The van der Waals surface area contributed by atoms with E-state index in [1.54, 1.807) is 16.1 Å². The van der Waals surface area contributed by atoms with Crippen LogP contribution in [0.5, 0.6) is 0 Å². The molecule has 0 aliphatic heterocycles. The van der Waals surface area contributed by atoms with Gasteiger partial charge in [0.2, 0.25) is 0 Å². The van der Waals surface area contributed by atoms with E-state index in [2.05, 4.69) is 0 Å². The molecule has 0 radical (unpaired) electrons. The Labute approximate surface area is 109 Å². The number of rotatable bonds is 4. The molecule has 0 aliphatic carbocycles. The molecule has 2 N–H and O–H groups in total. The van der Waals surface area contributed by atoms with Crippen LogP contribution in [-0.4, -0.2) is 9.56 Å². The number of aromatic nitrogens is 1. The van der Waals surface area contributed by atoms with Crippen molar-refractivity contribution in [3.05, 3.63) is 57.1 Å². The molecular formula is C12H12N2OS2. The fourth-order valence-electron chi connectivity index (χ4n) is 1.67. The Morgan fingerprint density at radius 1 is 1.41 bits per heavy atom. The van der Waals surface area contributed by atoms with Crippen molar-refractivity contribution in [3.63, 3.8) is 0 Å². The largest absolute Gasteiger partial charge is 0.393 e. The third-order valence-electron chi connectivity index (χ3n) is 2.57. The van der Waals surface area contributed by atoms with Crippen molar-refractivity contribution in [1.82, 2.24) is 4.57 Å². The number of nitrogens with zero attached hydrogens (tertiary/aromatic N) is 1. The lowest BCUT2D eigenvalue weighted by molar-refractivity contribution is 0.651. The highest BCUT2D eigenvalue weighted by atomic mass is 32.1. The first kappa shape index (κ1) is 12.0. The number of hydrogen-bond donors (Lipinski definition) is 1. The summed E-state index contributed by atoms with van der Waals surface area (Å²) in [6, 6.07) is 9.77. The van der Waals surface area contributed by atoms with E-state index in [1.807, 2.05) is 30.3 Å². The summed E-state index contributed by atoms with van der Waals surface area (Å²) in [5.41, 5.74) is 6.79. The van der Waals surface area contributed by atoms with E-state index in [9.17, 15) is 4.79 Å². The minimum atomic E-state index is -0.0986. The Morgan fingerprint density at radius 2 is 2.12 bits per heavy atom. The molecule has 88 valence electrons. The molecule has 2 aromatic rings. The molecule has 1 atom stereocenters. The fraction of sp³-hybridized carbons (Fsp3) is 0.167. The maximum atomic E-state index is 11.5. The predicted molar refractivity (Wildman–Crippen MR) is 74.5 cm³/mol. The van der Waals surface area contributed by atoms with E-state index in [1.165, 1.54) is 11.3 Å². The molecule has 1 aromatic carbocycles. The molecule has 0 saturated carbocycles. The highest BCUT2D eigenvalue weighted by molar-refractivity contribution is 7.80. The van der Waals surface area contributed by atoms with Gasteiger partial charge in [-0.3, -0.25) is 4.79 Å². The van der Waals surface area contributed by atoms with Gasteiger partial charge in [0.05, 0.1) is 10.9 Å². The molecule has 3 nitrogen and oxygen atoms in total. The number of thiocarbonyl (C=S) groups is 1. The monoisotopic (exact) mass is 264 g/mol. The van der Waals surface area contributed by atoms with E-state index in [0.717, 1.165) is 5.56 Å². The third-order valence-corrected chi connectivity index (χ3v) is 3.55. The molecule has 0 fully saturated rings. The second-order valence-electron chi connectivity index (χ2n) is 3.69. The van der Waals surface area contributed by atoms with Gasteiger partial charge in [-0.05, 0) is 5.56 Å². The first-order valence-corrected chi connectivity index (χ1v) is 6.45. The van der Waals surface area contributed by atoms with Crippen molar-refractivity contribution in [2.75, 3.05) is 0 Å². The molecule has 0 aliphatic rings. The summed E-state index contributed by atoms with van der Waals surface area (Å²) >= 11 is 6.26. The van der Waals surface area contributed by atoms with Crippen LogP contribution in [-0.2, 0) is 6.54 Å². The topological polar surface area (TPSA) is 48.0 Å². The molecule has 0 spiro atoms. The van der Waals surface area contributed by atoms with Gasteiger partial charge in [0.25, 0.3) is 0 Å². The summed E-state index contributed by atoms with van der Waals surface area (Å²) in [4.78, 5) is 11.9. The van der Waals surface area contributed by atoms with Crippen LogP contribution in [0.4, 0.5) is 0 Å². The Hall–Kier alpha value is -1.46. The number of benzene rings is 1. The summed E-state index contributed by atoms with van der Waals surface area (Å²) in [6.07, 6.45) is 1.77. The molecular weight excluding hydrogens is 252 g/mol. The minimum Gasteiger partial charge on any atom is -0.393 e. The fourth-order valence-corrected chi connectivity index (χ4v) is 2.47. The molecule has 1 heterocycles. The van der Waals surface area contributed by atoms with Crippen LogP contribution < -0.4 is 10.6 Å². The summed E-state index contributed by atoms with van der Waals surface area (Å²) in [5.74, 6) is -0.0986. The zero-order valence-corrected chi connectivity index (χ0v) is 10.7. The Kier molecular flexibility index (Phi) is 3.71. The normalized spacial score (nSPS) is 12.2. The van der Waals surface area contributed by atoms with Crippen LogP contribution >= 0.6 is 23.6 Å². The highest BCUT2D eigenvalue weighted by Gasteiger charge is 2.15. The molecule has 0 amide bonds. The molecule has 1 unspecified atom stereocenters. The van der Waals surface area contributed by atoms with E-state index in [-0.39, 0.29) is 10.8 Å². The standard InChI is InChI=1S/C12H12N2OS2/c13-11(16)10(9-4-2-1-3-5-9)8-14-6-7-17-12(14)15/h1-7,10H,8H2,(H2,13,16). The second-order valence-corrected chi connectivity index (χ2v) is 5.02. The highest BCUT2D eigenvalue weighted by Crippen LogP contribution is 2.17. The molecule has 0 saturated heterocycles. The maximum Gasteiger partial charge on any atom is 0.307 e. The van der Waals surface area contributed by atoms with Crippen molar-refractivity contribution in [2.24, 2.45) is 5.73 Å². The third kappa shape index (κ3) is 2.81. The molecule has 1 aromatic heterocycles. The lowest BCUT2D eigenvalue weighted by Gasteiger charge is -2.15. The van der Waals surface area contributed by atoms with Gasteiger partial charge in [0.1, 0.15) is 0 Å². The Morgan fingerprint density at radius 3 is 2.65 bits per heavy atom. The van der Waals surface area contributed by atoms with Crippen LogP contribution in [0.3, 0.4) is 0 Å². The number of hydrogen-bond acceptors (Lipinski definition) is 3. The van der Waals surface area contributed by atoms with Crippen molar-refractivity contribution >= 4 is 28.5 Å². The van der Waals surface area contributed by atoms with E-state index in [4.69, 9.17) is 18.0 Å². The van der Waals surface area contributed by atoms with Gasteiger partial charge in [-0.2, -0.15) is 0 Å². The minimum absolute atomic E-state index is 0.0159. The maximum absolute atomic E-state index is 11.5. The van der Waals surface area contributed by atoms with Crippen LogP contribution in [0.15, 0.2) is 46.7 Å². The first-order chi connectivity index (χ1) is 8.18. The summed E-state index contributed by atoms with van der Waals surface area (Å²) < 4.78 is 1.64. The van der Waals surface area contributed by atoms with E-state index < -0.39 is 0 Å². The van der Waals surface area contributed by atoms with Gasteiger partial charge >= 0.3 is 4.87 Å². The van der Waals surface area contributed by atoms with Crippen LogP contribution in [0, 0.1) is 0 Å². The molecule has 17 heavy (non-hydrogen) atoms. The number of nitrogens with two attached hydrogens (primary N) is 1. The lowest BCUT2D eigenvalue weighted by atomic mass is 9.99. The molecule has 5 heteroatoms.